The van der Waals surface area contributed by atoms with Gasteiger partial charge < -0.3 is 9.84 Å². The van der Waals surface area contributed by atoms with Crippen LogP contribution in [0.5, 0.6) is 11.5 Å². The largest absolute Gasteiger partial charge is 0.507 e. The van der Waals surface area contributed by atoms with Crippen LogP contribution < -0.4 is 4.74 Å². The lowest BCUT2D eigenvalue weighted by Crippen LogP contribution is -2.36. The number of ether oxygens (including phenoxy) is 1. The maximum absolute atomic E-state index is 10.7. The molecule has 1 aliphatic carbocycles. The highest BCUT2D eigenvalue weighted by atomic mass is 16.5. The van der Waals surface area contributed by atoms with Crippen molar-refractivity contribution in [2.45, 2.75) is 78.2 Å². The first-order valence-corrected chi connectivity index (χ1v) is 9.20. The fraction of sp³-hybridized carbons (Fsp3) is 0.619. The minimum Gasteiger partial charge on any atom is -0.507 e. The van der Waals surface area contributed by atoms with Gasteiger partial charge in [-0.3, -0.25) is 0 Å². The van der Waals surface area contributed by atoms with E-state index < -0.39 is 0 Å². The molecule has 1 aliphatic heterocycles. The molecule has 0 fully saturated rings. The van der Waals surface area contributed by atoms with Crippen molar-refractivity contribution in [3.63, 3.8) is 0 Å². The summed E-state index contributed by atoms with van der Waals surface area (Å²) in [6.07, 6.45) is 7.99. The van der Waals surface area contributed by atoms with Gasteiger partial charge in [-0.05, 0) is 80.7 Å². The van der Waals surface area contributed by atoms with Gasteiger partial charge in [0.25, 0.3) is 0 Å². The zero-order valence-electron chi connectivity index (χ0n) is 15.0. The monoisotopic (exact) mass is 314 g/mol. The van der Waals surface area contributed by atoms with E-state index in [1.165, 1.54) is 42.4 Å². The molecule has 0 saturated carbocycles. The maximum atomic E-state index is 10.7. The van der Waals surface area contributed by atoms with Gasteiger partial charge in [0.15, 0.2) is 0 Å². The predicted molar refractivity (Wildman–Crippen MR) is 96.0 cm³/mol. The zero-order valence-corrected chi connectivity index (χ0v) is 15.0. The molecular formula is C21H30O2. The summed E-state index contributed by atoms with van der Waals surface area (Å²) in [6, 6.07) is 4.12. The van der Waals surface area contributed by atoms with Gasteiger partial charge in [-0.15, -0.1) is 0 Å². The van der Waals surface area contributed by atoms with E-state index in [1.54, 1.807) is 0 Å². The first-order valence-electron chi connectivity index (χ1n) is 9.20. The lowest BCUT2D eigenvalue weighted by atomic mass is 9.74. The van der Waals surface area contributed by atoms with Gasteiger partial charge in [0.2, 0.25) is 0 Å². The summed E-state index contributed by atoms with van der Waals surface area (Å²) >= 11 is 0. The van der Waals surface area contributed by atoms with Crippen LogP contribution in [0.15, 0.2) is 17.7 Å². The Morgan fingerprint density at radius 3 is 2.78 bits per heavy atom. The molecule has 1 heterocycles. The summed E-state index contributed by atoms with van der Waals surface area (Å²) in [4.78, 5) is 0. The fourth-order valence-electron chi connectivity index (χ4n) is 4.13. The van der Waals surface area contributed by atoms with Crippen LogP contribution >= 0.6 is 0 Å². The maximum Gasteiger partial charge on any atom is 0.132 e. The van der Waals surface area contributed by atoms with Crippen LogP contribution in [0, 0.1) is 5.92 Å². The SMILES string of the molecule is CCCCCc1cc(O)c2c(c1)OC(C)(C)C1=C2C[C@H](C)CC1. The Kier molecular flexibility index (Phi) is 4.44. The van der Waals surface area contributed by atoms with E-state index in [4.69, 9.17) is 4.74 Å². The molecule has 0 spiro atoms. The molecule has 1 aromatic rings. The highest BCUT2D eigenvalue weighted by molar-refractivity contribution is 5.81. The Morgan fingerprint density at radius 1 is 1.26 bits per heavy atom. The Labute approximate surface area is 140 Å². The molecule has 2 aliphatic rings. The van der Waals surface area contributed by atoms with Crippen LogP contribution in [0.3, 0.4) is 0 Å². The molecule has 0 unspecified atom stereocenters. The number of aromatic hydroxyl groups is 1. The van der Waals surface area contributed by atoms with Crippen molar-refractivity contribution >= 4 is 5.57 Å². The van der Waals surface area contributed by atoms with Crippen molar-refractivity contribution < 1.29 is 9.84 Å². The van der Waals surface area contributed by atoms with Crippen LogP contribution in [0.1, 0.15) is 77.3 Å². The van der Waals surface area contributed by atoms with E-state index >= 15 is 0 Å². The minimum absolute atomic E-state index is 0.253. The molecule has 1 atom stereocenters. The van der Waals surface area contributed by atoms with E-state index in [0.717, 1.165) is 30.6 Å². The smallest absolute Gasteiger partial charge is 0.132 e. The number of phenols is 1. The Morgan fingerprint density at radius 2 is 2.04 bits per heavy atom. The molecule has 0 bridgehead atoms. The number of phenolic OH excluding ortho intramolecular Hbond substituents is 1. The number of allylic oxidation sites excluding steroid dienone is 1. The second-order valence-corrected chi connectivity index (χ2v) is 7.86. The average molecular weight is 314 g/mol. The molecule has 2 heteroatoms. The van der Waals surface area contributed by atoms with E-state index in [1.807, 2.05) is 6.07 Å². The molecule has 126 valence electrons. The Bertz CT molecular complexity index is 625. The third-order valence-electron chi connectivity index (χ3n) is 5.41. The molecule has 0 amide bonds. The molecular weight excluding hydrogens is 284 g/mol. The van der Waals surface area contributed by atoms with E-state index in [2.05, 4.69) is 33.8 Å². The lowest BCUT2D eigenvalue weighted by molar-refractivity contribution is 0.135. The first-order chi connectivity index (χ1) is 10.9. The van der Waals surface area contributed by atoms with Crippen molar-refractivity contribution in [2.75, 3.05) is 0 Å². The topological polar surface area (TPSA) is 29.5 Å². The van der Waals surface area contributed by atoms with Gasteiger partial charge in [0.1, 0.15) is 17.1 Å². The van der Waals surface area contributed by atoms with E-state index in [9.17, 15) is 5.11 Å². The van der Waals surface area contributed by atoms with Gasteiger partial charge in [-0.25, -0.2) is 0 Å². The fourth-order valence-corrected chi connectivity index (χ4v) is 4.13. The molecule has 2 nitrogen and oxygen atoms in total. The highest BCUT2D eigenvalue weighted by Crippen LogP contribution is 2.51. The molecule has 1 aromatic carbocycles. The quantitative estimate of drug-likeness (QED) is 0.704. The zero-order chi connectivity index (χ0) is 16.6. The second kappa shape index (κ2) is 6.22. The van der Waals surface area contributed by atoms with Crippen LogP contribution in [0.25, 0.3) is 5.57 Å². The van der Waals surface area contributed by atoms with Crippen molar-refractivity contribution in [2.24, 2.45) is 5.92 Å². The summed E-state index contributed by atoms with van der Waals surface area (Å²) in [5.74, 6) is 1.97. The number of benzene rings is 1. The van der Waals surface area contributed by atoms with Crippen molar-refractivity contribution in [3.05, 3.63) is 28.8 Å². The summed E-state index contributed by atoms with van der Waals surface area (Å²) in [5.41, 5.74) is 4.63. The molecule has 0 saturated heterocycles. The molecule has 0 aromatic heterocycles. The minimum atomic E-state index is -0.253. The predicted octanol–water partition coefficient (Wildman–Crippen LogP) is 5.87. The van der Waals surface area contributed by atoms with Crippen LogP contribution in [-0.4, -0.2) is 10.7 Å². The summed E-state index contributed by atoms with van der Waals surface area (Å²) in [6.45, 7) is 8.86. The summed E-state index contributed by atoms with van der Waals surface area (Å²) in [7, 11) is 0. The van der Waals surface area contributed by atoms with Crippen LogP contribution in [-0.2, 0) is 6.42 Å². The number of fused-ring (bicyclic) bond motifs is 2. The number of aryl methyl sites for hydroxylation is 1. The highest BCUT2D eigenvalue weighted by Gasteiger charge is 2.38. The van der Waals surface area contributed by atoms with Gasteiger partial charge in [-0.2, -0.15) is 0 Å². The third kappa shape index (κ3) is 3.13. The first kappa shape index (κ1) is 16.4. The second-order valence-electron chi connectivity index (χ2n) is 7.86. The molecule has 1 N–H and O–H groups in total. The summed E-state index contributed by atoms with van der Waals surface area (Å²) < 4.78 is 6.33. The average Bonchev–Trinajstić information content (AvgIpc) is 2.46. The van der Waals surface area contributed by atoms with Crippen LogP contribution in [0.2, 0.25) is 0 Å². The summed E-state index contributed by atoms with van der Waals surface area (Å²) in [5, 5.41) is 10.7. The van der Waals surface area contributed by atoms with Gasteiger partial charge in [0, 0.05) is 0 Å². The van der Waals surface area contributed by atoms with Crippen LogP contribution in [0.4, 0.5) is 0 Å². The van der Waals surface area contributed by atoms with E-state index in [-0.39, 0.29) is 5.60 Å². The number of rotatable bonds is 4. The van der Waals surface area contributed by atoms with Crippen molar-refractivity contribution in [1.29, 1.82) is 0 Å². The molecule has 23 heavy (non-hydrogen) atoms. The van der Waals surface area contributed by atoms with Gasteiger partial charge >= 0.3 is 0 Å². The Hall–Kier alpha value is -1.44. The van der Waals surface area contributed by atoms with Crippen molar-refractivity contribution in [3.8, 4) is 11.5 Å². The molecule has 0 radical (unpaired) electrons. The van der Waals surface area contributed by atoms with E-state index in [0.29, 0.717) is 11.7 Å². The Balaban J connectivity index is 2.01. The van der Waals surface area contributed by atoms with Gasteiger partial charge in [0.05, 0.1) is 5.56 Å². The standard InChI is InChI=1S/C21H30O2/c1-5-6-7-8-15-12-18(22)20-16-11-14(2)9-10-17(16)21(3,4)23-19(20)13-15/h12-14,22H,5-11H2,1-4H3/t14-/m1/s1. The number of unbranched alkanes of at least 4 members (excludes halogenated alkanes) is 2. The molecule has 3 rings (SSSR count). The van der Waals surface area contributed by atoms with Crippen molar-refractivity contribution in [1.82, 2.24) is 0 Å². The number of hydrogen-bond donors (Lipinski definition) is 1. The number of hydrogen-bond acceptors (Lipinski definition) is 2. The lowest BCUT2D eigenvalue weighted by Gasteiger charge is -2.41. The third-order valence-corrected chi connectivity index (χ3v) is 5.41. The van der Waals surface area contributed by atoms with Gasteiger partial charge in [-0.1, -0.05) is 26.7 Å². The normalized spacial score (nSPS) is 22.3.